The largest absolute Gasteiger partial charge is 0.479 e. The summed E-state index contributed by atoms with van der Waals surface area (Å²) in [5.41, 5.74) is 17.9. The summed E-state index contributed by atoms with van der Waals surface area (Å²) in [7, 11) is 0. The number of ether oxygens (including phenoxy) is 2. The van der Waals surface area contributed by atoms with Gasteiger partial charge >= 0.3 is 5.97 Å². The molecule has 1 amide bonds. The zero-order valence-electron chi connectivity index (χ0n) is 20.3. The lowest BCUT2D eigenvalue weighted by atomic mass is 9.96. The van der Waals surface area contributed by atoms with Crippen LogP contribution in [0.2, 0.25) is 5.15 Å². The summed E-state index contributed by atoms with van der Waals surface area (Å²) in [6, 6.07) is 7.13. The third-order valence-electron chi connectivity index (χ3n) is 5.51. The molecule has 0 spiro atoms. The minimum atomic E-state index is -1.40. The Hall–Kier alpha value is -4.20. The van der Waals surface area contributed by atoms with Crippen LogP contribution in [0.25, 0.3) is 0 Å². The van der Waals surface area contributed by atoms with Crippen LogP contribution in [0.4, 0.5) is 11.6 Å². The van der Waals surface area contributed by atoms with Crippen LogP contribution in [0.15, 0.2) is 53.6 Å². The number of aliphatic imine (C=N–C) groups is 1. The van der Waals surface area contributed by atoms with E-state index in [1.54, 1.807) is 12.1 Å². The predicted molar refractivity (Wildman–Crippen MR) is 140 cm³/mol. The normalized spacial score (nSPS) is 19.7. The van der Waals surface area contributed by atoms with Crippen LogP contribution in [0.1, 0.15) is 28.9 Å². The molecule has 2 aromatic rings. The summed E-state index contributed by atoms with van der Waals surface area (Å²) >= 11 is 5.78. The molecule has 0 aliphatic carbocycles. The fraction of sp³-hybridized carbons (Fsp3) is 0.292. The van der Waals surface area contributed by atoms with Crippen molar-refractivity contribution < 1.29 is 29.3 Å². The monoisotopic (exact) mass is 545 g/mol. The van der Waals surface area contributed by atoms with Gasteiger partial charge in [-0.2, -0.15) is 0 Å². The average molecular weight is 546 g/mol. The first kappa shape index (κ1) is 28.4. The molecule has 3 atom stereocenters. The quantitative estimate of drug-likeness (QED) is 0.113. The number of aliphatic hydroxyl groups excluding tert-OH is 1. The first-order valence-corrected chi connectivity index (χ1v) is 11.7. The number of anilines is 2. The molecule has 14 heteroatoms. The Balaban J connectivity index is 1.44. The maximum atomic E-state index is 12.2. The van der Waals surface area contributed by atoms with E-state index in [0.717, 1.165) is 18.4 Å². The highest BCUT2D eigenvalue weighted by molar-refractivity contribution is 6.31. The standard InChI is InChI=1S/C24H28ClN7O6/c1-11-16(33)12(2)23(38-17(11)22(35)36)37-14-8-6-13(7-9-14)5-3-4-10-29-24(28)32-21(34)15-19(26)31-20(27)18(25)30-15/h6-9,16-17,23,33H,1-5,10H2,(H,35,36)(H4,26,27,31)(H3,28,29,32,34)/t16-,17?,23?/m0/s1. The van der Waals surface area contributed by atoms with Crippen LogP contribution >= 0.6 is 11.6 Å². The summed E-state index contributed by atoms with van der Waals surface area (Å²) in [6.07, 6.45) is -1.56. The molecule has 13 nitrogen and oxygen atoms in total. The Morgan fingerprint density at radius 2 is 1.82 bits per heavy atom. The van der Waals surface area contributed by atoms with Crippen molar-refractivity contribution in [1.82, 2.24) is 15.3 Å². The van der Waals surface area contributed by atoms with Gasteiger partial charge in [-0.3, -0.25) is 15.1 Å². The number of aliphatic carboxylic acids is 1. The molecule has 1 fully saturated rings. The molecular formula is C24H28ClN7O6. The molecule has 0 radical (unpaired) electrons. The molecular weight excluding hydrogens is 518 g/mol. The summed E-state index contributed by atoms with van der Waals surface area (Å²) in [5.74, 6) is -1.93. The van der Waals surface area contributed by atoms with Crippen molar-refractivity contribution in [1.29, 1.82) is 0 Å². The van der Waals surface area contributed by atoms with Gasteiger partial charge in [-0.05, 0) is 42.5 Å². The Kier molecular flexibility index (Phi) is 9.23. The first-order valence-electron chi connectivity index (χ1n) is 11.4. The summed E-state index contributed by atoms with van der Waals surface area (Å²) in [6.45, 7) is 7.66. The van der Waals surface area contributed by atoms with Crippen molar-refractivity contribution >= 4 is 41.1 Å². The highest BCUT2D eigenvalue weighted by atomic mass is 35.5. The molecule has 202 valence electrons. The van der Waals surface area contributed by atoms with E-state index in [0.29, 0.717) is 18.7 Å². The number of carboxylic acid groups (broad SMARTS) is 1. The molecule has 0 bridgehead atoms. The number of aromatic nitrogens is 2. The zero-order chi connectivity index (χ0) is 28.0. The van der Waals surface area contributed by atoms with Crippen molar-refractivity contribution in [3.63, 3.8) is 0 Å². The number of hydrogen-bond donors (Lipinski definition) is 6. The summed E-state index contributed by atoms with van der Waals surface area (Å²) in [4.78, 5) is 35.2. The van der Waals surface area contributed by atoms with Gasteiger partial charge in [0.05, 0.1) is 0 Å². The van der Waals surface area contributed by atoms with Crippen molar-refractivity contribution in [2.75, 3.05) is 18.0 Å². The Morgan fingerprint density at radius 3 is 2.47 bits per heavy atom. The number of unbranched alkanes of at least 4 members (excludes halogenated alkanes) is 1. The fourth-order valence-electron chi connectivity index (χ4n) is 3.45. The lowest BCUT2D eigenvalue weighted by Gasteiger charge is -2.34. The van der Waals surface area contributed by atoms with Crippen LogP contribution in [0.3, 0.4) is 0 Å². The smallest absolute Gasteiger partial charge is 0.337 e. The third kappa shape index (κ3) is 6.97. The van der Waals surface area contributed by atoms with Crippen LogP contribution in [-0.2, 0) is 16.0 Å². The minimum absolute atomic E-state index is 0.00288. The second-order valence-electron chi connectivity index (χ2n) is 8.31. The van der Waals surface area contributed by atoms with E-state index in [1.807, 2.05) is 12.1 Å². The molecule has 2 heterocycles. The number of nitrogens with two attached hydrogens (primary N) is 3. The lowest BCUT2D eigenvalue weighted by molar-refractivity contribution is -0.166. The maximum Gasteiger partial charge on any atom is 0.337 e. The molecule has 3 rings (SSSR count). The highest BCUT2D eigenvalue weighted by Gasteiger charge is 2.40. The number of rotatable bonds is 9. The van der Waals surface area contributed by atoms with E-state index in [1.165, 1.54) is 0 Å². The van der Waals surface area contributed by atoms with E-state index < -0.39 is 30.4 Å². The SMILES string of the molecule is C=C1C(Oc2ccc(CCCCN=C(N)NC(=O)c3nc(Cl)c(N)nc3N)cc2)OC(C(=O)O)C(=C)[C@@H]1O. The Labute approximate surface area is 223 Å². The van der Waals surface area contributed by atoms with Gasteiger partial charge in [0.2, 0.25) is 6.29 Å². The number of aryl methyl sites for hydroxylation is 1. The van der Waals surface area contributed by atoms with E-state index in [-0.39, 0.29) is 39.6 Å². The number of nitrogens with one attached hydrogen (secondary N) is 1. The van der Waals surface area contributed by atoms with E-state index in [4.69, 9.17) is 38.3 Å². The molecule has 1 aromatic heterocycles. The third-order valence-corrected chi connectivity index (χ3v) is 5.79. The number of hydrogen-bond acceptors (Lipinski definition) is 10. The lowest BCUT2D eigenvalue weighted by Crippen LogP contribution is -2.45. The van der Waals surface area contributed by atoms with E-state index in [9.17, 15) is 19.8 Å². The number of benzene rings is 1. The number of halogens is 1. The van der Waals surface area contributed by atoms with Gasteiger partial charge in [0.15, 0.2) is 34.5 Å². The second-order valence-corrected chi connectivity index (χ2v) is 8.67. The van der Waals surface area contributed by atoms with Gasteiger partial charge in [0.1, 0.15) is 11.9 Å². The number of amides is 1. The van der Waals surface area contributed by atoms with Crippen molar-refractivity contribution in [2.24, 2.45) is 10.7 Å². The number of carboxylic acids is 1. The predicted octanol–water partition coefficient (Wildman–Crippen LogP) is 1.02. The number of carbonyl (C=O) groups excluding carboxylic acids is 1. The van der Waals surface area contributed by atoms with E-state index in [2.05, 4.69) is 33.4 Å². The van der Waals surface area contributed by atoms with Crippen LogP contribution in [0, 0.1) is 0 Å². The van der Waals surface area contributed by atoms with Crippen molar-refractivity contribution in [2.45, 2.75) is 37.8 Å². The van der Waals surface area contributed by atoms with Gasteiger partial charge in [0, 0.05) is 12.1 Å². The molecule has 0 saturated carbocycles. The first-order chi connectivity index (χ1) is 18.0. The topological polar surface area (TPSA) is 221 Å². The Morgan fingerprint density at radius 1 is 1.13 bits per heavy atom. The van der Waals surface area contributed by atoms with Gasteiger partial charge in [-0.1, -0.05) is 36.9 Å². The van der Waals surface area contributed by atoms with Crippen molar-refractivity contribution in [3.05, 3.63) is 65.0 Å². The molecule has 2 unspecified atom stereocenters. The number of nitrogen functional groups attached to an aromatic ring is 2. The van der Waals surface area contributed by atoms with Crippen LogP contribution < -0.4 is 27.3 Å². The fourth-order valence-corrected chi connectivity index (χ4v) is 3.58. The van der Waals surface area contributed by atoms with Crippen LogP contribution in [0.5, 0.6) is 5.75 Å². The summed E-state index contributed by atoms with van der Waals surface area (Å²) < 4.78 is 11.1. The number of guanidine groups is 1. The van der Waals surface area contributed by atoms with Gasteiger partial charge in [0.25, 0.3) is 5.91 Å². The molecule has 1 aliphatic rings. The molecule has 1 saturated heterocycles. The van der Waals surface area contributed by atoms with Gasteiger partial charge in [-0.15, -0.1) is 0 Å². The maximum absolute atomic E-state index is 12.2. The minimum Gasteiger partial charge on any atom is -0.479 e. The number of aliphatic hydroxyl groups is 1. The average Bonchev–Trinajstić information content (AvgIpc) is 2.86. The molecule has 1 aliphatic heterocycles. The molecule has 38 heavy (non-hydrogen) atoms. The van der Waals surface area contributed by atoms with E-state index >= 15 is 0 Å². The number of nitrogens with zero attached hydrogens (tertiary/aromatic N) is 3. The van der Waals surface area contributed by atoms with Gasteiger partial charge < -0.3 is 36.9 Å². The van der Waals surface area contributed by atoms with Crippen LogP contribution in [-0.4, -0.2) is 63.1 Å². The zero-order valence-corrected chi connectivity index (χ0v) is 21.0. The van der Waals surface area contributed by atoms with Crippen molar-refractivity contribution in [3.8, 4) is 5.75 Å². The molecule has 9 N–H and O–H groups in total. The highest BCUT2D eigenvalue weighted by Crippen LogP contribution is 2.30. The summed E-state index contributed by atoms with van der Waals surface area (Å²) in [5, 5.41) is 21.7. The Bertz CT molecular complexity index is 1270. The number of carbonyl (C=O) groups is 2. The second kappa shape index (κ2) is 12.4. The van der Waals surface area contributed by atoms with Gasteiger partial charge in [-0.25, -0.2) is 14.8 Å². The molecule has 1 aromatic carbocycles.